The minimum absolute atomic E-state index is 0.0455. The first-order valence-corrected chi connectivity index (χ1v) is 23.5. The Balaban J connectivity index is 0.000000161. The Kier molecular flexibility index (Phi) is 14.1. The van der Waals surface area contributed by atoms with Gasteiger partial charge in [-0.15, -0.1) is 0 Å². The van der Waals surface area contributed by atoms with E-state index in [2.05, 4.69) is 18.6 Å². The molecule has 64 heavy (non-hydrogen) atoms. The van der Waals surface area contributed by atoms with Gasteiger partial charge in [-0.05, 0) is 145 Å². The molecule has 1 saturated heterocycles. The van der Waals surface area contributed by atoms with Gasteiger partial charge in [0.15, 0.2) is 0 Å². The van der Waals surface area contributed by atoms with Crippen molar-refractivity contribution in [1.82, 2.24) is 0 Å². The van der Waals surface area contributed by atoms with Crippen LogP contribution in [0.2, 0.25) is 0 Å². The van der Waals surface area contributed by atoms with Crippen molar-refractivity contribution in [3.8, 4) is 0 Å². The minimum Gasteiger partial charge on any atom is -0.458 e. The lowest BCUT2D eigenvalue weighted by molar-refractivity contribution is -0.357. The Morgan fingerprint density at radius 1 is 0.781 bits per heavy atom. The second kappa shape index (κ2) is 18.0. The van der Waals surface area contributed by atoms with Crippen molar-refractivity contribution in [3.05, 3.63) is 35.4 Å². The standard InChI is InChI=1S/C20H32O2.C15H16F6O3.C14H20O4/c1-5-19(3,4)18(21)22-20(6-2)11-14-10-15(20)17-13-8-7-12(9-13)16(14)17;1-3-9(2)11-6-4-10(5-7-11)8-24-12(22)13(23,14(16,17)18)15(19,20)21;1-4-14(2,3)13(16)18-10-7-5-8-9(6-7)12(15)17-11(8)10/h12-17H,5-11H2,1-4H3;4-7,9,23H,3,8H2,1-2H3;7-11H,4-6H2,1-3H3. The van der Waals surface area contributed by atoms with Gasteiger partial charge in [0.25, 0.3) is 0 Å². The maximum atomic E-state index is 12.7. The monoisotopic (exact) mass is 914 g/mol. The van der Waals surface area contributed by atoms with E-state index in [9.17, 15) is 45.5 Å². The second-order valence-electron chi connectivity index (χ2n) is 21.2. The third-order valence-electron chi connectivity index (χ3n) is 17.0. The Labute approximate surface area is 373 Å². The van der Waals surface area contributed by atoms with E-state index >= 15 is 0 Å². The van der Waals surface area contributed by atoms with E-state index in [1.807, 2.05) is 48.5 Å². The molecule has 0 aromatic heterocycles. The molecule has 0 amide bonds. The molecule has 0 radical (unpaired) electrons. The van der Waals surface area contributed by atoms with Crippen LogP contribution in [-0.2, 0) is 44.7 Å². The lowest BCUT2D eigenvalue weighted by Gasteiger charge is -2.46. The lowest BCUT2D eigenvalue weighted by atomic mass is 9.65. The van der Waals surface area contributed by atoms with Gasteiger partial charge >= 0.3 is 41.8 Å². The molecular weight excluding hydrogens is 847 g/mol. The zero-order valence-electron chi connectivity index (χ0n) is 38.7. The van der Waals surface area contributed by atoms with Crippen molar-refractivity contribution in [2.75, 3.05) is 0 Å². The summed E-state index contributed by atoms with van der Waals surface area (Å²) in [4.78, 5) is 47.7. The molecule has 7 aliphatic rings. The van der Waals surface area contributed by atoms with Gasteiger partial charge in [0.2, 0.25) is 0 Å². The summed E-state index contributed by atoms with van der Waals surface area (Å²) in [6.07, 6.45) is -0.665. The molecule has 1 heterocycles. The number of ether oxygens (including phenoxy) is 4. The summed E-state index contributed by atoms with van der Waals surface area (Å²) < 4.78 is 96.3. The number of halogens is 6. The largest absolute Gasteiger partial charge is 0.458 e. The van der Waals surface area contributed by atoms with Crippen LogP contribution in [0.5, 0.6) is 0 Å². The van der Waals surface area contributed by atoms with Crippen LogP contribution in [0.4, 0.5) is 26.3 Å². The SMILES string of the molecule is CCC(C)(C)C(=O)OC1(CC)CC2CC1C1C3CCC(C3)C21.CCC(C)(C)C(=O)OC1C2CC3C(=O)OC1C3C2.CCC(C)c1ccc(COC(=O)C(O)(C(F)(F)F)C(F)(F)F)cc1. The van der Waals surface area contributed by atoms with Crippen LogP contribution < -0.4 is 0 Å². The highest BCUT2D eigenvalue weighted by molar-refractivity contribution is 5.81. The van der Waals surface area contributed by atoms with Crippen LogP contribution in [0.25, 0.3) is 0 Å². The van der Waals surface area contributed by atoms with Crippen molar-refractivity contribution in [2.24, 2.45) is 64.1 Å². The third kappa shape index (κ3) is 8.94. The topological polar surface area (TPSA) is 125 Å². The van der Waals surface area contributed by atoms with Crippen molar-refractivity contribution >= 4 is 23.9 Å². The molecule has 7 fully saturated rings. The maximum absolute atomic E-state index is 12.7. The first-order valence-electron chi connectivity index (χ1n) is 23.5. The highest BCUT2D eigenvalue weighted by atomic mass is 19.4. The van der Waals surface area contributed by atoms with Gasteiger partial charge in [-0.3, -0.25) is 14.4 Å². The number of hydrogen-bond acceptors (Lipinski definition) is 9. The van der Waals surface area contributed by atoms with Crippen LogP contribution in [0.1, 0.15) is 150 Å². The van der Waals surface area contributed by atoms with Gasteiger partial charge in [-0.25, -0.2) is 4.79 Å². The molecule has 15 heteroatoms. The van der Waals surface area contributed by atoms with Crippen LogP contribution in [0.15, 0.2) is 24.3 Å². The second-order valence-corrected chi connectivity index (χ2v) is 21.2. The maximum Gasteiger partial charge on any atom is 0.437 e. The van der Waals surface area contributed by atoms with Gasteiger partial charge in [0, 0.05) is 17.8 Å². The lowest BCUT2D eigenvalue weighted by Crippen LogP contribution is -2.62. The minimum atomic E-state index is -6.25. The number of carbonyl (C=O) groups is 4. The molecule has 1 N–H and O–H groups in total. The summed E-state index contributed by atoms with van der Waals surface area (Å²) >= 11 is 0. The summed E-state index contributed by atoms with van der Waals surface area (Å²) in [6, 6.07) is 6.12. The van der Waals surface area contributed by atoms with Gasteiger partial charge in [-0.2, -0.15) is 26.3 Å². The normalized spacial score (nSPS) is 33.7. The Hall–Kier alpha value is -3.36. The number of fused-ring (bicyclic) bond motifs is 10. The van der Waals surface area contributed by atoms with Gasteiger partial charge in [-0.1, -0.05) is 58.9 Å². The molecule has 6 saturated carbocycles. The van der Waals surface area contributed by atoms with Crippen molar-refractivity contribution < 1.29 is 69.6 Å². The number of carbonyl (C=O) groups excluding carboxylic acids is 4. The van der Waals surface area contributed by atoms with Crippen molar-refractivity contribution in [3.63, 3.8) is 0 Å². The Morgan fingerprint density at radius 3 is 1.91 bits per heavy atom. The highest BCUT2D eigenvalue weighted by Crippen LogP contribution is 2.71. The molecule has 1 aromatic rings. The fourth-order valence-corrected chi connectivity index (χ4v) is 12.1. The molecular formula is C49H68F6O9. The first kappa shape index (κ1) is 50.1. The predicted molar refractivity (Wildman–Crippen MR) is 223 cm³/mol. The van der Waals surface area contributed by atoms with Crippen molar-refractivity contribution in [1.29, 1.82) is 0 Å². The Morgan fingerprint density at radius 2 is 1.36 bits per heavy atom. The highest BCUT2D eigenvalue weighted by Gasteiger charge is 2.77. The van der Waals surface area contributed by atoms with Crippen LogP contribution in [0.3, 0.4) is 0 Å². The van der Waals surface area contributed by atoms with E-state index in [0.29, 0.717) is 17.8 Å². The number of hydrogen-bond donors (Lipinski definition) is 1. The number of rotatable bonds is 12. The smallest absolute Gasteiger partial charge is 0.437 e. The van der Waals surface area contributed by atoms with Gasteiger partial charge < -0.3 is 24.1 Å². The zero-order chi connectivity index (χ0) is 47.5. The Bertz CT molecular complexity index is 1860. The average Bonchev–Trinajstić information content (AvgIpc) is 4.12. The number of aliphatic hydroxyl groups is 1. The van der Waals surface area contributed by atoms with E-state index in [1.165, 1.54) is 37.8 Å². The molecule has 1 aliphatic heterocycles. The van der Waals surface area contributed by atoms with Crippen LogP contribution >= 0.6 is 0 Å². The first-order chi connectivity index (χ1) is 29.7. The third-order valence-corrected chi connectivity index (χ3v) is 17.0. The van der Waals surface area contributed by atoms with E-state index < -0.39 is 35.9 Å². The molecule has 1 aromatic carbocycles. The van der Waals surface area contributed by atoms with E-state index in [4.69, 9.17) is 19.3 Å². The van der Waals surface area contributed by atoms with Crippen LogP contribution in [-0.4, -0.2) is 64.7 Å². The molecule has 6 bridgehead atoms. The van der Waals surface area contributed by atoms with Gasteiger partial charge in [0.05, 0.1) is 16.7 Å². The molecule has 8 rings (SSSR count). The summed E-state index contributed by atoms with van der Waals surface area (Å²) in [5, 5.41) is 8.86. The van der Waals surface area contributed by atoms with E-state index in [0.717, 1.165) is 80.1 Å². The summed E-state index contributed by atoms with van der Waals surface area (Å²) in [7, 11) is 0. The fourth-order valence-electron chi connectivity index (χ4n) is 12.1. The molecule has 0 spiro atoms. The molecule has 360 valence electrons. The predicted octanol–water partition coefficient (Wildman–Crippen LogP) is 10.8. The van der Waals surface area contributed by atoms with Crippen LogP contribution in [0, 0.1) is 64.1 Å². The van der Waals surface area contributed by atoms with Crippen molar-refractivity contribution in [2.45, 2.75) is 181 Å². The quantitative estimate of drug-likeness (QED) is 0.0944. The molecule has 6 aliphatic carbocycles. The molecule has 9 nitrogen and oxygen atoms in total. The number of benzene rings is 1. The molecule has 13 atom stereocenters. The summed E-state index contributed by atoms with van der Waals surface area (Å²) in [5.74, 6) is 3.27. The molecule has 13 unspecified atom stereocenters. The van der Waals surface area contributed by atoms with E-state index in [1.54, 1.807) is 12.1 Å². The number of esters is 4. The van der Waals surface area contributed by atoms with E-state index in [-0.39, 0.29) is 58.5 Å². The number of alkyl halides is 6. The zero-order valence-corrected chi connectivity index (χ0v) is 38.7. The average molecular weight is 915 g/mol. The van der Waals surface area contributed by atoms with Gasteiger partial charge in [0.1, 0.15) is 24.4 Å². The summed E-state index contributed by atoms with van der Waals surface area (Å²) in [6.45, 7) is 17.2. The fraction of sp³-hybridized carbons (Fsp3) is 0.796. The summed E-state index contributed by atoms with van der Waals surface area (Å²) in [5.41, 5.74) is -5.35.